The van der Waals surface area contributed by atoms with Crippen molar-refractivity contribution in [2.45, 2.75) is 29.4 Å². The minimum Gasteiger partial charge on any atom is -0.356 e. The van der Waals surface area contributed by atoms with Crippen molar-refractivity contribution >= 4 is 27.6 Å². The van der Waals surface area contributed by atoms with Gasteiger partial charge in [0.05, 0.1) is 4.90 Å². The molecule has 0 bridgehead atoms. The third-order valence-corrected chi connectivity index (χ3v) is 6.33. The maximum Gasteiger partial charge on any atom is 0.191 e. The second-order valence-corrected chi connectivity index (χ2v) is 9.11. The van der Waals surface area contributed by atoms with E-state index in [1.807, 2.05) is 23.9 Å². The Labute approximate surface area is 143 Å². The van der Waals surface area contributed by atoms with Gasteiger partial charge in [-0.2, -0.15) is 11.8 Å². The third kappa shape index (κ3) is 6.06. The lowest BCUT2D eigenvalue weighted by molar-refractivity contribution is 0.602. The average molecular weight is 356 g/mol. The molecule has 2 N–H and O–H groups in total. The van der Waals surface area contributed by atoms with Crippen LogP contribution in [-0.2, 0) is 16.3 Å². The van der Waals surface area contributed by atoms with E-state index < -0.39 is 9.84 Å². The molecule has 1 heterocycles. The van der Waals surface area contributed by atoms with E-state index in [1.54, 1.807) is 19.2 Å². The monoisotopic (exact) mass is 355 g/mol. The molecule has 0 saturated carbocycles. The number of rotatable bonds is 6. The molecule has 0 aliphatic carbocycles. The summed E-state index contributed by atoms with van der Waals surface area (Å²) in [7, 11) is -1.34. The summed E-state index contributed by atoms with van der Waals surface area (Å²) in [5.41, 5.74) is 1.10. The van der Waals surface area contributed by atoms with Crippen molar-refractivity contribution in [3.05, 3.63) is 29.8 Å². The van der Waals surface area contributed by atoms with Gasteiger partial charge in [-0.25, -0.2) is 8.42 Å². The molecule has 2 rings (SSSR count). The quantitative estimate of drug-likeness (QED) is 0.600. The number of aliphatic imine (C=N–C) groups is 1. The maximum absolute atomic E-state index is 11.4. The number of hydrogen-bond donors (Lipinski definition) is 2. The van der Waals surface area contributed by atoms with Crippen LogP contribution in [-0.4, -0.2) is 51.8 Å². The Balaban J connectivity index is 1.74. The molecule has 1 atom stereocenters. The average Bonchev–Trinajstić information content (AvgIpc) is 3.03. The zero-order valence-corrected chi connectivity index (χ0v) is 15.3. The minimum atomic E-state index is -3.12. The Morgan fingerprint density at radius 1 is 1.30 bits per heavy atom. The second kappa shape index (κ2) is 8.59. The van der Waals surface area contributed by atoms with Gasteiger partial charge in [-0.1, -0.05) is 12.1 Å². The largest absolute Gasteiger partial charge is 0.356 e. The van der Waals surface area contributed by atoms with Crippen LogP contribution in [0, 0.1) is 0 Å². The number of hydrogen-bond acceptors (Lipinski definition) is 4. The lowest BCUT2D eigenvalue weighted by Gasteiger charge is -2.14. The van der Waals surface area contributed by atoms with E-state index in [4.69, 9.17) is 0 Å². The molecule has 23 heavy (non-hydrogen) atoms. The minimum absolute atomic E-state index is 0.362. The fourth-order valence-corrected chi connectivity index (χ4v) is 4.30. The molecule has 1 aliphatic heterocycles. The molecule has 1 fully saturated rings. The van der Waals surface area contributed by atoms with Crippen LogP contribution >= 0.6 is 11.8 Å². The van der Waals surface area contributed by atoms with Crippen molar-refractivity contribution in [1.29, 1.82) is 0 Å². The van der Waals surface area contributed by atoms with Crippen LogP contribution in [0.1, 0.15) is 18.4 Å². The molecule has 0 amide bonds. The number of benzene rings is 1. The van der Waals surface area contributed by atoms with E-state index in [9.17, 15) is 8.42 Å². The zero-order valence-electron chi connectivity index (χ0n) is 13.7. The van der Waals surface area contributed by atoms with Crippen molar-refractivity contribution in [1.82, 2.24) is 10.6 Å². The molecule has 0 spiro atoms. The van der Waals surface area contributed by atoms with E-state index in [2.05, 4.69) is 15.6 Å². The first-order valence-corrected chi connectivity index (χ1v) is 10.8. The number of nitrogens with zero attached hydrogens (tertiary/aromatic N) is 1. The normalized spacial score (nSPS) is 18.9. The van der Waals surface area contributed by atoms with Crippen LogP contribution in [0.4, 0.5) is 0 Å². The van der Waals surface area contributed by atoms with Crippen LogP contribution in [0.25, 0.3) is 0 Å². The summed E-state index contributed by atoms with van der Waals surface area (Å²) >= 11 is 2.02. The molecule has 7 heteroatoms. The van der Waals surface area contributed by atoms with Crippen LogP contribution in [0.15, 0.2) is 34.2 Å². The second-order valence-electron chi connectivity index (χ2n) is 5.68. The Kier molecular flexibility index (Phi) is 6.77. The first kappa shape index (κ1) is 18.1. The van der Waals surface area contributed by atoms with Crippen molar-refractivity contribution in [3.63, 3.8) is 0 Å². The topological polar surface area (TPSA) is 70.6 Å². The Morgan fingerprint density at radius 3 is 2.61 bits per heavy atom. The van der Waals surface area contributed by atoms with Gasteiger partial charge in [-0.05, 0) is 42.7 Å². The number of nitrogens with one attached hydrogen (secondary N) is 2. The van der Waals surface area contributed by atoms with Gasteiger partial charge in [0.25, 0.3) is 0 Å². The lowest BCUT2D eigenvalue weighted by atomic mass is 10.1. The summed E-state index contributed by atoms with van der Waals surface area (Å²) in [5.74, 6) is 2.09. The molecule has 128 valence electrons. The molecular formula is C16H25N3O2S2. The summed E-state index contributed by atoms with van der Waals surface area (Å²) in [4.78, 5) is 4.59. The highest BCUT2D eigenvalue weighted by atomic mass is 32.2. The summed E-state index contributed by atoms with van der Waals surface area (Å²) in [6, 6.07) is 7.05. The van der Waals surface area contributed by atoms with Gasteiger partial charge in [-0.15, -0.1) is 0 Å². The SMILES string of the molecule is CN=C(NCCc1ccc(S(C)(=O)=O)cc1)NCC1CCCS1. The van der Waals surface area contributed by atoms with Gasteiger partial charge in [0.2, 0.25) is 0 Å². The molecule has 1 aromatic rings. The van der Waals surface area contributed by atoms with Gasteiger partial charge in [-0.3, -0.25) is 4.99 Å². The van der Waals surface area contributed by atoms with Crippen molar-refractivity contribution in [2.24, 2.45) is 4.99 Å². The van der Waals surface area contributed by atoms with E-state index in [0.717, 1.165) is 31.0 Å². The van der Waals surface area contributed by atoms with Gasteiger partial charge in [0.15, 0.2) is 15.8 Å². The maximum atomic E-state index is 11.4. The Bertz CT molecular complexity index is 621. The van der Waals surface area contributed by atoms with Crippen molar-refractivity contribution in [2.75, 3.05) is 32.1 Å². The summed E-state index contributed by atoms with van der Waals surface area (Å²) in [6.45, 7) is 1.71. The fourth-order valence-electron chi connectivity index (χ4n) is 2.47. The molecule has 0 radical (unpaired) electrons. The molecule has 5 nitrogen and oxygen atoms in total. The Morgan fingerprint density at radius 2 is 2.04 bits per heavy atom. The molecule has 1 unspecified atom stereocenters. The van der Waals surface area contributed by atoms with Crippen molar-refractivity contribution < 1.29 is 8.42 Å². The highest BCUT2D eigenvalue weighted by Gasteiger charge is 2.15. The first-order chi connectivity index (χ1) is 11.0. The smallest absolute Gasteiger partial charge is 0.191 e. The van der Waals surface area contributed by atoms with Crippen molar-refractivity contribution in [3.8, 4) is 0 Å². The Hall–Kier alpha value is -1.21. The van der Waals surface area contributed by atoms with Gasteiger partial charge >= 0.3 is 0 Å². The van der Waals surface area contributed by atoms with Crippen LogP contribution < -0.4 is 10.6 Å². The third-order valence-electron chi connectivity index (χ3n) is 3.80. The standard InChI is InChI=1S/C16H25N3O2S2/c1-17-16(19-12-14-4-3-11-22-14)18-10-9-13-5-7-15(8-6-13)23(2,20)21/h5-8,14H,3-4,9-12H2,1-2H3,(H2,17,18,19). The number of guanidine groups is 1. The van der Waals surface area contributed by atoms with Gasteiger partial charge < -0.3 is 10.6 Å². The summed E-state index contributed by atoms with van der Waals surface area (Å²) in [6.07, 6.45) is 4.64. The van der Waals surface area contributed by atoms with Crippen LogP contribution in [0.3, 0.4) is 0 Å². The predicted octanol–water partition coefficient (Wildman–Crippen LogP) is 1.69. The summed E-state index contributed by atoms with van der Waals surface area (Å²) < 4.78 is 22.9. The number of thioether (sulfide) groups is 1. The van der Waals surface area contributed by atoms with E-state index in [0.29, 0.717) is 10.1 Å². The highest BCUT2D eigenvalue weighted by Crippen LogP contribution is 2.25. The van der Waals surface area contributed by atoms with E-state index in [-0.39, 0.29) is 0 Å². The molecule has 1 aromatic carbocycles. The number of sulfone groups is 1. The zero-order chi connectivity index (χ0) is 16.7. The van der Waals surface area contributed by atoms with Crippen LogP contribution in [0.5, 0.6) is 0 Å². The molecule has 1 saturated heterocycles. The van der Waals surface area contributed by atoms with Gasteiger partial charge in [0, 0.05) is 31.6 Å². The highest BCUT2D eigenvalue weighted by molar-refractivity contribution is 8.00. The van der Waals surface area contributed by atoms with E-state index >= 15 is 0 Å². The van der Waals surface area contributed by atoms with Gasteiger partial charge in [0.1, 0.15) is 0 Å². The molecule has 1 aliphatic rings. The van der Waals surface area contributed by atoms with E-state index in [1.165, 1.54) is 24.9 Å². The lowest BCUT2D eigenvalue weighted by Crippen LogP contribution is -2.40. The predicted molar refractivity (Wildman–Crippen MR) is 98.1 cm³/mol. The summed E-state index contributed by atoms with van der Waals surface area (Å²) in [5, 5.41) is 7.36. The van der Waals surface area contributed by atoms with Crippen LogP contribution in [0.2, 0.25) is 0 Å². The fraction of sp³-hybridized carbons (Fsp3) is 0.562. The first-order valence-electron chi connectivity index (χ1n) is 7.84. The molecular weight excluding hydrogens is 330 g/mol. The molecule has 0 aromatic heterocycles.